The van der Waals surface area contributed by atoms with Crippen LogP contribution in [-0.4, -0.2) is 40.9 Å². The van der Waals surface area contributed by atoms with E-state index in [0.29, 0.717) is 6.04 Å². The molecular formula is C11H20N4. The Balaban J connectivity index is 2.01. The first-order valence-corrected chi connectivity index (χ1v) is 5.65. The van der Waals surface area contributed by atoms with Crippen molar-refractivity contribution in [3.05, 3.63) is 17.5 Å². The average Bonchev–Trinajstić information content (AvgIpc) is 2.42. The molecule has 2 rings (SSSR count). The maximum atomic E-state index is 4.46. The van der Waals surface area contributed by atoms with Gasteiger partial charge in [-0.1, -0.05) is 0 Å². The van der Waals surface area contributed by atoms with E-state index < -0.39 is 0 Å². The molecule has 1 aromatic rings. The third kappa shape index (κ3) is 2.21. The van der Waals surface area contributed by atoms with E-state index in [2.05, 4.69) is 47.0 Å². The minimum Gasteiger partial charge on any atom is -0.314 e. The van der Waals surface area contributed by atoms with Crippen molar-refractivity contribution in [1.29, 1.82) is 0 Å². The first-order chi connectivity index (χ1) is 7.20. The van der Waals surface area contributed by atoms with Gasteiger partial charge in [-0.3, -0.25) is 9.58 Å². The van der Waals surface area contributed by atoms with Gasteiger partial charge in [0.15, 0.2) is 0 Å². The predicted octanol–water partition coefficient (Wildman–Crippen LogP) is 0.615. The quantitative estimate of drug-likeness (QED) is 0.787. The van der Waals surface area contributed by atoms with Crippen LogP contribution in [0.4, 0.5) is 0 Å². The fourth-order valence-corrected chi connectivity index (χ4v) is 1.97. The van der Waals surface area contributed by atoms with Gasteiger partial charge in [0.1, 0.15) is 0 Å². The van der Waals surface area contributed by atoms with Crippen LogP contribution in [0.3, 0.4) is 0 Å². The molecule has 0 radical (unpaired) electrons. The van der Waals surface area contributed by atoms with E-state index in [4.69, 9.17) is 0 Å². The van der Waals surface area contributed by atoms with Crippen LogP contribution in [0.15, 0.2) is 6.07 Å². The van der Waals surface area contributed by atoms with Crippen LogP contribution in [0.1, 0.15) is 18.3 Å². The van der Waals surface area contributed by atoms with E-state index in [-0.39, 0.29) is 0 Å². The third-order valence-electron chi connectivity index (χ3n) is 3.08. The van der Waals surface area contributed by atoms with E-state index in [0.717, 1.165) is 31.9 Å². The van der Waals surface area contributed by atoms with Gasteiger partial charge in [-0.25, -0.2) is 0 Å². The molecule has 0 unspecified atom stereocenters. The Labute approximate surface area is 91.3 Å². The number of aromatic nitrogens is 2. The van der Waals surface area contributed by atoms with Crippen molar-refractivity contribution < 1.29 is 0 Å². The molecule has 0 bridgehead atoms. The van der Waals surface area contributed by atoms with Crippen LogP contribution in [-0.2, 0) is 13.1 Å². The molecule has 1 saturated heterocycles. The van der Waals surface area contributed by atoms with Gasteiger partial charge in [-0.05, 0) is 27.0 Å². The summed E-state index contributed by atoms with van der Waals surface area (Å²) in [6.45, 7) is 8.40. The number of nitrogens with one attached hydrogen (secondary N) is 1. The molecule has 15 heavy (non-hydrogen) atoms. The maximum absolute atomic E-state index is 4.46. The van der Waals surface area contributed by atoms with Gasteiger partial charge in [0.2, 0.25) is 0 Å². The van der Waals surface area contributed by atoms with Crippen molar-refractivity contribution in [2.75, 3.05) is 20.1 Å². The van der Waals surface area contributed by atoms with Crippen molar-refractivity contribution in [3.63, 3.8) is 0 Å². The molecule has 1 N–H and O–H groups in total. The Bertz CT molecular complexity index is 327. The van der Waals surface area contributed by atoms with Crippen molar-refractivity contribution in [2.24, 2.45) is 0 Å². The topological polar surface area (TPSA) is 33.1 Å². The standard InChI is InChI=1S/C11H20N4/c1-4-15-10(5-9(2)13-15)8-14(3)11-6-12-7-11/h5,11-12H,4,6-8H2,1-3H3. The summed E-state index contributed by atoms with van der Waals surface area (Å²) >= 11 is 0. The first kappa shape index (κ1) is 10.6. The molecule has 1 aromatic heterocycles. The second-order valence-electron chi connectivity index (χ2n) is 4.32. The Kier molecular flexibility index (Phi) is 3.07. The minimum atomic E-state index is 0.700. The number of hydrogen-bond donors (Lipinski definition) is 1. The molecule has 0 amide bonds. The number of likely N-dealkylation sites (N-methyl/N-ethyl adjacent to an activating group) is 1. The molecule has 0 saturated carbocycles. The second kappa shape index (κ2) is 4.33. The molecule has 2 heterocycles. The van der Waals surface area contributed by atoms with E-state index in [9.17, 15) is 0 Å². The van der Waals surface area contributed by atoms with E-state index in [1.807, 2.05) is 0 Å². The minimum absolute atomic E-state index is 0.700. The van der Waals surface area contributed by atoms with Crippen molar-refractivity contribution in [3.8, 4) is 0 Å². The highest BCUT2D eigenvalue weighted by atomic mass is 15.3. The summed E-state index contributed by atoms with van der Waals surface area (Å²) in [4.78, 5) is 2.40. The average molecular weight is 208 g/mol. The Morgan fingerprint density at radius 3 is 2.87 bits per heavy atom. The fraction of sp³-hybridized carbons (Fsp3) is 0.727. The molecule has 4 heteroatoms. The Morgan fingerprint density at radius 2 is 2.33 bits per heavy atom. The Morgan fingerprint density at radius 1 is 1.60 bits per heavy atom. The lowest BCUT2D eigenvalue weighted by molar-refractivity contribution is 0.169. The normalized spacial score (nSPS) is 17.1. The van der Waals surface area contributed by atoms with Gasteiger partial charge < -0.3 is 5.32 Å². The summed E-state index contributed by atoms with van der Waals surface area (Å²) in [6, 6.07) is 2.89. The molecule has 0 aliphatic carbocycles. The van der Waals surface area contributed by atoms with E-state index >= 15 is 0 Å². The molecule has 0 atom stereocenters. The highest BCUT2D eigenvalue weighted by molar-refractivity contribution is 5.09. The SMILES string of the molecule is CCn1nc(C)cc1CN(C)C1CNC1. The lowest BCUT2D eigenvalue weighted by Gasteiger charge is -2.35. The first-order valence-electron chi connectivity index (χ1n) is 5.65. The summed E-state index contributed by atoms with van der Waals surface area (Å²) in [5, 5.41) is 7.76. The van der Waals surface area contributed by atoms with E-state index in [1.54, 1.807) is 0 Å². The van der Waals surface area contributed by atoms with E-state index in [1.165, 1.54) is 5.69 Å². The molecule has 0 spiro atoms. The highest BCUT2D eigenvalue weighted by Crippen LogP contribution is 2.10. The smallest absolute Gasteiger partial charge is 0.0597 e. The summed E-state index contributed by atoms with van der Waals surface area (Å²) in [6.07, 6.45) is 0. The van der Waals surface area contributed by atoms with Crippen LogP contribution < -0.4 is 5.32 Å². The van der Waals surface area contributed by atoms with Gasteiger partial charge in [0.25, 0.3) is 0 Å². The molecule has 1 aliphatic heterocycles. The summed E-state index contributed by atoms with van der Waals surface area (Å²) in [5.41, 5.74) is 2.44. The van der Waals surface area contributed by atoms with Gasteiger partial charge in [-0.2, -0.15) is 5.10 Å². The molecule has 1 aliphatic rings. The van der Waals surface area contributed by atoms with Crippen molar-refractivity contribution in [2.45, 2.75) is 33.0 Å². The van der Waals surface area contributed by atoms with Gasteiger partial charge in [0.05, 0.1) is 11.4 Å². The Hall–Kier alpha value is -0.870. The zero-order chi connectivity index (χ0) is 10.8. The lowest BCUT2D eigenvalue weighted by Crippen LogP contribution is -2.55. The summed E-state index contributed by atoms with van der Waals surface area (Å²) in [5.74, 6) is 0. The highest BCUT2D eigenvalue weighted by Gasteiger charge is 2.22. The number of nitrogens with zero attached hydrogens (tertiary/aromatic N) is 3. The van der Waals surface area contributed by atoms with Crippen molar-refractivity contribution >= 4 is 0 Å². The fourth-order valence-electron chi connectivity index (χ4n) is 1.97. The number of hydrogen-bond acceptors (Lipinski definition) is 3. The zero-order valence-electron chi connectivity index (χ0n) is 9.82. The molecular weight excluding hydrogens is 188 g/mol. The largest absolute Gasteiger partial charge is 0.314 e. The monoisotopic (exact) mass is 208 g/mol. The lowest BCUT2D eigenvalue weighted by atomic mass is 10.1. The number of rotatable bonds is 4. The van der Waals surface area contributed by atoms with Gasteiger partial charge in [0, 0.05) is 32.2 Å². The zero-order valence-corrected chi connectivity index (χ0v) is 9.82. The van der Waals surface area contributed by atoms with Gasteiger partial charge >= 0.3 is 0 Å². The molecule has 4 nitrogen and oxygen atoms in total. The van der Waals surface area contributed by atoms with Crippen LogP contribution in [0.25, 0.3) is 0 Å². The molecule has 1 fully saturated rings. The maximum Gasteiger partial charge on any atom is 0.0597 e. The second-order valence-corrected chi connectivity index (χ2v) is 4.32. The summed E-state index contributed by atoms with van der Waals surface area (Å²) < 4.78 is 2.10. The van der Waals surface area contributed by atoms with Gasteiger partial charge in [-0.15, -0.1) is 0 Å². The molecule has 84 valence electrons. The predicted molar refractivity (Wildman–Crippen MR) is 60.8 cm³/mol. The van der Waals surface area contributed by atoms with Crippen LogP contribution in [0.2, 0.25) is 0 Å². The van der Waals surface area contributed by atoms with Crippen molar-refractivity contribution in [1.82, 2.24) is 20.0 Å². The summed E-state index contributed by atoms with van der Waals surface area (Å²) in [7, 11) is 2.19. The number of aryl methyl sites for hydroxylation is 2. The third-order valence-corrected chi connectivity index (χ3v) is 3.08. The molecule has 0 aromatic carbocycles. The van der Waals surface area contributed by atoms with Crippen LogP contribution in [0, 0.1) is 6.92 Å². The van der Waals surface area contributed by atoms with Crippen LogP contribution >= 0.6 is 0 Å². The van der Waals surface area contributed by atoms with Crippen LogP contribution in [0.5, 0.6) is 0 Å².